The zero-order valence-corrected chi connectivity index (χ0v) is 14.2. The van der Waals surface area contributed by atoms with Gasteiger partial charge in [-0.3, -0.25) is 14.9 Å². The SMILES string of the molecule is CN(C(=O)c1csc([N+](=O)[O-])c1)[C@H]1CCCN(c2ccccc2)C1. The molecule has 1 aromatic heterocycles. The van der Waals surface area contributed by atoms with Crippen LogP contribution in [0.3, 0.4) is 0 Å². The monoisotopic (exact) mass is 345 g/mol. The highest BCUT2D eigenvalue weighted by atomic mass is 32.1. The van der Waals surface area contributed by atoms with Crippen LogP contribution in [0.15, 0.2) is 41.8 Å². The van der Waals surface area contributed by atoms with Crippen molar-refractivity contribution in [3.63, 3.8) is 0 Å². The average molecular weight is 345 g/mol. The Labute approximate surface area is 144 Å². The topological polar surface area (TPSA) is 66.7 Å². The van der Waals surface area contributed by atoms with Crippen molar-refractivity contribution in [3.8, 4) is 0 Å². The van der Waals surface area contributed by atoms with E-state index in [1.165, 1.54) is 6.07 Å². The van der Waals surface area contributed by atoms with Gasteiger partial charge in [0, 0.05) is 43.3 Å². The molecule has 0 radical (unpaired) electrons. The minimum atomic E-state index is -0.459. The first kappa shape index (κ1) is 16.4. The first-order valence-electron chi connectivity index (χ1n) is 7.86. The molecule has 2 aromatic rings. The van der Waals surface area contributed by atoms with E-state index in [0.29, 0.717) is 5.56 Å². The van der Waals surface area contributed by atoms with Crippen LogP contribution in [0.5, 0.6) is 0 Å². The molecule has 0 aliphatic carbocycles. The quantitative estimate of drug-likeness (QED) is 0.629. The predicted octanol–water partition coefficient (Wildman–Crippen LogP) is 3.40. The minimum Gasteiger partial charge on any atom is -0.369 e. The van der Waals surface area contributed by atoms with E-state index < -0.39 is 4.92 Å². The van der Waals surface area contributed by atoms with Crippen LogP contribution in [0.2, 0.25) is 0 Å². The van der Waals surface area contributed by atoms with Gasteiger partial charge in [-0.1, -0.05) is 29.5 Å². The molecule has 1 aromatic carbocycles. The van der Waals surface area contributed by atoms with E-state index in [2.05, 4.69) is 17.0 Å². The fourth-order valence-electron chi connectivity index (χ4n) is 3.05. The predicted molar refractivity (Wildman–Crippen MR) is 94.7 cm³/mol. The van der Waals surface area contributed by atoms with Crippen LogP contribution in [0.25, 0.3) is 0 Å². The lowest BCUT2D eigenvalue weighted by Crippen LogP contribution is -2.48. The van der Waals surface area contributed by atoms with Gasteiger partial charge in [0.05, 0.1) is 10.5 Å². The Morgan fingerprint density at radius 3 is 2.79 bits per heavy atom. The number of hydrogen-bond donors (Lipinski definition) is 0. The maximum atomic E-state index is 12.6. The maximum absolute atomic E-state index is 12.6. The van der Waals surface area contributed by atoms with Gasteiger partial charge in [0.25, 0.3) is 5.91 Å². The van der Waals surface area contributed by atoms with Crippen LogP contribution < -0.4 is 4.90 Å². The zero-order valence-electron chi connectivity index (χ0n) is 13.4. The Kier molecular flexibility index (Phi) is 4.80. The zero-order chi connectivity index (χ0) is 17.1. The Morgan fingerprint density at radius 1 is 1.38 bits per heavy atom. The molecule has 1 atom stereocenters. The summed E-state index contributed by atoms with van der Waals surface area (Å²) in [6.07, 6.45) is 1.96. The number of carbonyl (C=O) groups is 1. The molecule has 7 heteroatoms. The number of carbonyl (C=O) groups excluding carboxylic acids is 1. The van der Waals surface area contributed by atoms with Crippen molar-refractivity contribution in [1.82, 2.24) is 4.90 Å². The first-order chi connectivity index (χ1) is 11.6. The summed E-state index contributed by atoms with van der Waals surface area (Å²) in [5.74, 6) is -0.153. The molecule has 126 valence electrons. The molecule has 2 heterocycles. The highest BCUT2D eigenvalue weighted by molar-refractivity contribution is 7.13. The highest BCUT2D eigenvalue weighted by Gasteiger charge is 2.28. The van der Waals surface area contributed by atoms with Gasteiger partial charge in [-0.25, -0.2) is 0 Å². The molecule has 1 aliphatic rings. The van der Waals surface area contributed by atoms with Crippen molar-refractivity contribution in [2.75, 3.05) is 25.0 Å². The fraction of sp³-hybridized carbons (Fsp3) is 0.353. The van der Waals surface area contributed by atoms with Crippen LogP contribution in [0.4, 0.5) is 10.7 Å². The van der Waals surface area contributed by atoms with Gasteiger partial charge in [0.1, 0.15) is 0 Å². The van der Waals surface area contributed by atoms with E-state index in [4.69, 9.17) is 0 Å². The largest absolute Gasteiger partial charge is 0.369 e. The van der Waals surface area contributed by atoms with E-state index in [9.17, 15) is 14.9 Å². The standard InChI is InChI=1S/C17H19N3O3S/c1-18(17(21)13-10-16(20(22)23)24-12-13)15-8-5-9-19(11-15)14-6-3-2-4-7-14/h2-4,6-7,10,12,15H,5,8-9,11H2,1H3/t15-/m0/s1. The molecule has 1 saturated heterocycles. The van der Waals surface area contributed by atoms with Crippen LogP contribution in [0.1, 0.15) is 23.2 Å². The van der Waals surface area contributed by atoms with Gasteiger partial charge in [-0.2, -0.15) is 0 Å². The average Bonchev–Trinajstić information content (AvgIpc) is 3.12. The van der Waals surface area contributed by atoms with Crippen molar-refractivity contribution in [1.29, 1.82) is 0 Å². The number of likely N-dealkylation sites (N-methyl/N-ethyl adjacent to an activating group) is 1. The number of hydrogen-bond acceptors (Lipinski definition) is 5. The second kappa shape index (κ2) is 7.00. The molecule has 6 nitrogen and oxygen atoms in total. The second-order valence-electron chi connectivity index (χ2n) is 5.92. The van der Waals surface area contributed by atoms with E-state index in [1.807, 2.05) is 18.2 Å². The third kappa shape index (κ3) is 3.41. The van der Waals surface area contributed by atoms with Crippen LogP contribution in [-0.2, 0) is 0 Å². The lowest BCUT2D eigenvalue weighted by molar-refractivity contribution is -0.380. The number of benzene rings is 1. The summed E-state index contributed by atoms with van der Waals surface area (Å²) in [4.78, 5) is 27.0. The molecule has 1 amide bonds. The Hall–Kier alpha value is -2.41. The summed E-state index contributed by atoms with van der Waals surface area (Å²) in [6.45, 7) is 1.75. The van der Waals surface area contributed by atoms with Gasteiger partial charge in [-0.05, 0) is 25.0 Å². The molecule has 1 fully saturated rings. The number of nitrogens with zero attached hydrogens (tertiary/aromatic N) is 3. The number of anilines is 1. The summed E-state index contributed by atoms with van der Waals surface area (Å²) in [5.41, 5.74) is 1.56. The van der Waals surface area contributed by atoms with Gasteiger partial charge in [0.15, 0.2) is 0 Å². The van der Waals surface area contributed by atoms with E-state index in [-0.39, 0.29) is 17.0 Å². The van der Waals surface area contributed by atoms with Crippen molar-refractivity contribution in [2.24, 2.45) is 0 Å². The molecule has 0 N–H and O–H groups in total. The molecule has 3 rings (SSSR count). The van der Waals surface area contributed by atoms with Crippen molar-refractivity contribution in [3.05, 3.63) is 57.5 Å². The molecular formula is C17H19N3O3S. The number of thiophene rings is 1. The van der Waals surface area contributed by atoms with Gasteiger partial charge >= 0.3 is 5.00 Å². The lowest BCUT2D eigenvalue weighted by atomic mass is 10.0. The summed E-state index contributed by atoms with van der Waals surface area (Å²) in [6, 6.07) is 11.6. The van der Waals surface area contributed by atoms with E-state index in [0.717, 1.165) is 43.0 Å². The van der Waals surface area contributed by atoms with Gasteiger partial charge < -0.3 is 9.80 Å². The number of nitro groups is 1. The van der Waals surface area contributed by atoms with Gasteiger partial charge in [-0.15, -0.1) is 0 Å². The summed E-state index contributed by atoms with van der Waals surface area (Å²) >= 11 is 0.990. The number of para-hydroxylation sites is 1. The Morgan fingerprint density at radius 2 is 2.12 bits per heavy atom. The Balaban J connectivity index is 1.70. The number of amides is 1. The van der Waals surface area contributed by atoms with Crippen molar-refractivity contribution >= 4 is 27.9 Å². The third-order valence-corrected chi connectivity index (χ3v) is 5.28. The third-order valence-electron chi connectivity index (χ3n) is 4.40. The highest BCUT2D eigenvalue weighted by Crippen LogP contribution is 2.26. The lowest BCUT2D eigenvalue weighted by Gasteiger charge is -2.38. The summed E-state index contributed by atoms with van der Waals surface area (Å²) < 4.78 is 0. The van der Waals surface area contributed by atoms with Crippen LogP contribution in [-0.4, -0.2) is 41.9 Å². The van der Waals surface area contributed by atoms with E-state index in [1.54, 1.807) is 17.3 Å². The molecule has 24 heavy (non-hydrogen) atoms. The fourth-order valence-corrected chi connectivity index (χ4v) is 3.74. The van der Waals surface area contributed by atoms with Crippen molar-refractivity contribution in [2.45, 2.75) is 18.9 Å². The smallest absolute Gasteiger partial charge is 0.324 e. The molecule has 1 aliphatic heterocycles. The number of piperidine rings is 1. The molecule has 0 bridgehead atoms. The normalized spacial score (nSPS) is 17.5. The maximum Gasteiger partial charge on any atom is 0.324 e. The minimum absolute atomic E-state index is 0.00121. The van der Waals surface area contributed by atoms with E-state index >= 15 is 0 Å². The van der Waals surface area contributed by atoms with Gasteiger partial charge in [0.2, 0.25) is 0 Å². The second-order valence-corrected chi connectivity index (χ2v) is 6.81. The summed E-state index contributed by atoms with van der Waals surface area (Å²) in [5, 5.41) is 12.4. The molecule has 0 unspecified atom stereocenters. The summed E-state index contributed by atoms with van der Waals surface area (Å²) in [7, 11) is 1.78. The van der Waals surface area contributed by atoms with Crippen LogP contribution in [0, 0.1) is 10.1 Å². The van der Waals surface area contributed by atoms with Crippen molar-refractivity contribution < 1.29 is 9.72 Å². The Bertz CT molecular complexity index is 732. The molecule has 0 saturated carbocycles. The number of rotatable bonds is 4. The molecular weight excluding hydrogens is 326 g/mol. The van der Waals surface area contributed by atoms with Crippen LogP contribution >= 0.6 is 11.3 Å². The molecule has 0 spiro atoms. The first-order valence-corrected chi connectivity index (χ1v) is 8.74.